The fourth-order valence-corrected chi connectivity index (χ4v) is 4.81. The van der Waals surface area contributed by atoms with Gasteiger partial charge in [0.2, 0.25) is 0 Å². The molecule has 144 valence electrons. The highest BCUT2D eigenvalue weighted by molar-refractivity contribution is 8.23. The molecule has 0 unspecified atom stereocenters. The molecule has 0 atom stereocenters. The lowest BCUT2D eigenvalue weighted by Gasteiger charge is -2.33. The first kappa shape index (κ1) is 20.3. The average molecular weight is 439 g/mol. The molecular weight excluding hydrogens is 428 g/mol. The minimum atomic E-state index is -4.55. The summed E-state index contributed by atoms with van der Waals surface area (Å²) in [6.07, 6.45) is -9.10. The Morgan fingerprint density at radius 1 is 0.926 bits per heavy atom. The van der Waals surface area contributed by atoms with Crippen molar-refractivity contribution in [3.63, 3.8) is 0 Å². The van der Waals surface area contributed by atoms with Crippen molar-refractivity contribution in [1.29, 1.82) is 0 Å². The second kappa shape index (κ2) is 7.21. The van der Waals surface area contributed by atoms with Gasteiger partial charge in [0.1, 0.15) is 4.32 Å². The van der Waals surface area contributed by atoms with Gasteiger partial charge >= 0.3 is 12.4 Å². The van der Waals surface area contributed by atoms with Gasteiger partial charge in [-0.1, -0.05) is 42.7 Å². The number of nitrogens with zero attached hydrogens (tertiary/aromatic N) is 1. The normalized spacial score (nSPS) is 14.0. The third-order valence-electron chi connectivity index (χ3n) is 3.73. The molecule has 0 aliphatic carbocycles. The number of hydrogen-bond donors (Lipinski definition) is 0. The van der Waals surface area contributed by atoms with E-state index in [4.69, 9.17) is 12.2 Å². The number of benzene rings is 2. The van der Waals surface area contributed by atoms with Crippen LogP contribution in [0.2, 0.25) is 0 Å². The van der Waals surface area contributed by atoms with Crippen molar-refractivity contribution >= 4 is 51.4 Å². The second-order valence-electron chi connectivity index (χ2n) is 5.50. The number of thioether (sulfide) groups is 1. The van der Waals surface area contributed by atoms with Gasteiger partial charge < -0.3 is 0 Å². The molecule has 0 saturated carbocycles. The Morgan fingerprint density at radius 2 is 1.37 bits per heavy atom. The topological polar surface area (TPSA) is 3.24 Å². The molecule has 1 nitrogen and oxygen atoms in total. The Bertz CT molecular complexity index is 828. The zero-order valence-corrected chi connectivity index (χ0v) is 16.1. The smallest absolute Gasteiger partial charge is 0.294 e. The van der Waals surface area contributed by atoms with Crippen molar-refractivity contribution in [2.24, 2.45) is 0 Å². The summed E-state index contributed by atoms with van der Waals surface area (Å²) in [6.45, 7) is 1.86. The minimum absolute atomic E-state index is 0.204. The van der Waals surface area contributed by atoms with E-state index in [-0.39, 0.29) is 9.79 Å². The number of hydrogen-bond acceptors (Lipinski definition) is 3. The van der Waals surface area contributed by atoms with Crippen LogP contribution in [0.4, 0.5) is 37.7 Å². The van der Waals surface area contributed by atoms with E-state index < -0.39 is 23.5 Å². The predicted molar refractivity (Wildman–Crippen MR) is 99.9 cm³/mol. The van der Waals surface area contributed by atoms with Gasteiger partial charge in [0, 0.05) is 9.79 Å². The average Bonchev–Trinajstić information content (AvgIpc) is 2.57. The van der Waals surface area contributed by atoms with E-state index in [9.17, 15) is 26.3 Å². The van der Waals surface area contributed by atoms with Crippen LogP contribution in [-0.4, -0.2) is 10.1 Å². The molecule has 3 rings (SSSR count). The molecule has 1 aliphatic rings. The highest BCUT2D eigenvalue weighted by atomic mass is 32.2. The van der Waals surface area contributed by atoms with Gasteiger partial charge in [0.05, 0.1) is 22.5 Å². The summed E-state index contributed by atoms with van der Waals surface area (Å²) in [7, 11) is 0. The molecule has 0 amide bonds. The van der Waals surface area contributed by atoms with Crippen LogP contribution >= 0.6 is 35.7 Å². The number of anilines is 2. The van der Waals surface area contributed by atoms with Crippen LogP contribution in [-0.2, 0) is 12.4 Å². The van der Waals surface area contributed by atoms with E-state index in [1.165, 1.54) is 28.8 Å². The quantitative estimate of drug-likeness (QED) is 0.337. The van der Waals surface area contributed by atoms with E-state index in [0.29, 0.717) is 21.4 Å². The van der Waals surface area contributed by atoms with E-state index in [2.05, 4.69) is 0 Å². The van der Waals surface area contributed by atoms with Crippen LogP contribution in [0.3, 0.4) is 0 Å². The fraction of sp³-hybridized carbons (Fsp3) is 0.235. The molecule has 2 aromatic rings. The van der Waals surface area contributed by atoms with Crippen molar-refractivity contribution in [2.75, 3.05) is 10.7 Å². The molecule has 0 spiro atoms. The number of rotatable bonds is 1. The number of fused-ring (bicyclic) bond motifs is 2. The Morgan fingerprint density at radius 3 is 1.74 bits per heavy atom. The van der Waals surface area contributed by atoms with Crippen LogP contribution in [0.1, 0.15) is 18.1 Å². The van der Waals surface area contributed by atoms with Crippen LogP contribution in [0.25, 0.3) is 0 Å². The zero-order valence-electron chi connectivity index (χ0n) is 13.6. The lowest BCUT2D eigenvalue weighted by atomic mass is 10.1. The standard InChI is InChI=1S/C17H11F6NS3/c1-2-26-15(25)24-11-5-3-9(16(18,19)20)7-13(11)27-14-8-10(17(21,22)23)4-6-12(14)24/h3-8H,2H2,1H3. The molecule has 27 heavy (non-hydrogen) atoms. The van der Waals surface area contributed by atoms with Gasteiger partial charge in [-0.3, -0.25) is 4.90 Å². The first-order valence-corrected chi connectivity index (χ1v) is 9.80. The summed E-state index contributed by atoms with van der Waals surface area (Å²) in [5, 5.41) is 0. The molecular formula is C17H11F6NS3. The maximum Gasteiger partial charge on any atom is 0.416 e. The summed E-state index contributed by atoms with van der Waals surface area (Å²) in [6, 6.07) is 6.37. The third-order valence-corrected chi connectivity index (χ3v) is 6.07. The minimum Gasteiger partial charge on any atom is -0.294 e. The van der Waals surface area contributed by atoms with E-state index in [0.717, 1.165) is 36.0 Å². The van der Waals surface area contributed by atoms with E-state index >= 15 is 0 Å². The zero-order chi connectivity index (χ0) is 20.0. The monoisotopic (exact) mass is 439 g/mol. The number of halogens is 6. The summed E-state index contributed by atoms with van der Waals surface area (Å²) in [5.41, 5.74) is -0.881. The highest BCUT2D eigenvalue weighted by Crippen LogP contribution is 2.51. The fourth-order valence-electron chi connectivity index (χ4n) is 2.55. The maximum absolute atomic E-state index is 13.0. The second-order valence-corrected chi connectivity index (χ2v) is 8.48. The highest BCUT2D eigenvalue weighted by Gasteiger charge is 2.36. The maximum atomic E-state index is 13.0. The Balaban J connectivity index is 2.16. The van der Waals surface area contributed by atoms with Crippen molar-refractivity contribution in [2.45, 2.75) is 29.1 Å². The van der Waals surface area contributed by atoms with E-state index in [1.807, 2.05) is 6.92 Å². The molecule has 0 saturated heterocycles. The van der Waals surface area contributed by atoms with Gasteiger partial charge in [0.15, 0.2) is 0 Å². The van der Waals surface area contributed by atoms with Crippen molar-refractivity contribution in [3.8, 4) is 0 Å². The molecule has 0 aromatic heterocycles. The van der Waals surface area contributed by atoms with Crippen molar-refractivity contribution < 1.29 is 26.3 Å². The molecule has 0 fully saturated rings. The van der Waals surface area contributed by atoms with Crippen LogP contribution in [0.15, 0.2) is 46.2 Å². The summed E-state index contributed by atoms with van der Waals surface area (Å²) in [5.74, 6) is 0.619. The van der Waals surface area contributed by atoms with E-state index in [1.54, 1.807) is 0 Å². The van der Waals surface area contributed by atoms with Crippen LogP contribution in [0.5, 0.6) is 0 Å². The summed E-state index contributed by atoms with van der Waals surface area (Å²) in [4.78, 5) is 1.94. The molecule has 0 radical (unpaired) electrons. The largest absolute Gasteiger partial charge is 0.416 e. The SMILES string of the molecule is CCSC(=S)N1c2ccc(C(F)(F)F)cc2Sc2cc(C(F)(F)F)ccc21. The molecule has 2 aromatic carbocycles. The van der Waals surface area contributed by atoms with Crippen molar-refractivity contribution in [3.05, 3.63) is 47.5 Å². The molecule has 1 heterocycles. The predicted octanol–water partition coefficient (Wildman–Crippen LogP) is 7.36. The molecule has 10 heteroatoms. The Labute approximate surface area is 165 Å². The Hall–Kier alpha value is -1.39. The summed E-state index contributed by atoms with van der Waals surface area (Å²) >= 11 is 7.53. The Kier molecular flexibility index (Phi) is 5.44. The van der Waals surface area contributed by atoms with Gasteiger partial charge in [-0.05, 0) is 42.2 Å². The first-order valence-electron chi connectivity index (χ1n) is 7.59. The number of alkyl halides is 6. The molecule has 0 bridgehead atoms. The lowest BCUT2D eigenvalue weighted by Crippen LogP contribution is -2.25. The van der Waals surface area contributed by atoms with Crippen LogP contribution < -0.4 is 4.90 Å². The van der Waals surface area contributed by atoms with Gasteiger partial charge in [-0.15, -0.1) is 0 Å². The first-order chi connectivity index (χ1) is 12.5. The van der Waals surface area contributed by atoms with Crippen LogP contribution in [0, 0.1) is 0 Å². The number of thiocarbonyl (C=S) groups is 1. The lowest BCUT2D eigenvalue weighted by molar-refractivity contribution is -0.138. The van der Waals surface area contributed by atoms with Crippen molar-refractivity contribution in [1.82, 2.24) is 0 Å². The van der Waals surface area contributed by atoms with Gasteiger partial charge in [0.25, 0.3) is 0 Å². The van der Waals surface area contributed by atoms with Gasteiger partial charge in [-0.25, -0.2) is 0 Å². The molecule has 0 N–H and O–H groups in total. The molecule has 1 aliphatic heterocycles. The third kappa shape index (κ3) is 4.07. The van der Waals surface area contributed by atoms with Gasteiger partial charge in [-0.2, -0.15) is 26.3 Å². The summed E-state index contributed by atoms with van der Waals surface area (Å²) < 4.78 is 78.7.